The van der Waals surface area contributed by atoms with E-state index >= 15 is 0 Å². The number of likely N-dealkylation sites (tertiary alicyclic amines) is 1. The summed E-state index contributed by atoms with van der Waals surface area (Å²) in [7, 11) is 2.07. The average molecular weight is 345 g/mol. The number of benzene rings is 1. The smallest absolute Gasteiger partial charge is 0.336 e. The molecular weight excluding hydrogens is 327 g/mol. The van der Waals surface area contributed by atoms with Gasteiger partial charge in [0.1, 0.15) is 0 Å². The van der Waals surface area contributed by atoms with Crippen LogP contribution < -0.4 is 5.32 Å². The van der Waals surface area contributed by atoms with Gasteiger partial charge in [-0.1, -0.05) is 6.42 Å². The first-order valence-corrected chi connectivity index (χ1v) is 7.45. The van der Waals surface area contributed by atoms with Crippen molar-refractivity contribution < 1.29 is 14.3 Å². The summed E-state index contributed by atoms with van der Waals surface area (Å²) in [6.45, 7) is 1.72. The third kappa shape index (κ3) is 3.30. The lowest BCUT2D eigenvalue weighted by atomic mass is 10.0. The Bertz CT molecular complexity index is 510. The maximum Gasteiger partial charge on any atom is 0.336 e. The summed E-state index contributed by atoms with van der Waals surface area (Å²) in [5.74, 6) is -1.70. The number of aromatic carboxylic acids is 1. The highest BCUT2D eigenvalue weighted by Gasteiger charge is 2.20. The van der Waals surface area contributed by atoms with E-state index in [0.29, 0.717) is 18.3 Å². The van der Waals surface area contributed by atoms with Gasteiger partial charge in [0.15, 0.2) is 5.82 Å². The van der Waals surface area contributed by atoms with Crippen LogP contribution in [0.3, 0.4) is 0 Å². The minimum atomic E-state index is -1.14. The molecule has 0 bridgehead atoms. The summed E-state index contributed by atoms with van der Waals surface area (Å²) in [5, 5.41) is 12.0. The summed E-state index contributed by atoms with van der Waals surface area (Å²) in [4.78, 5) is 13.2. The van der Waals surface area contributed by atoms with Gasteiger partial charge in [-0.05, 0) is 54.5 Å². The monoisotopic (exact) mass is 344 g/mol. The molecule has 1 atom stereocenters. The third-order valence-electron chi connectivity index (χ3n) is 3.76. The summed E-state index contributed by atoms with van der Waals surface area (Å²) in [6, 6.07) is 3.27. The fraction of sp³-hybridized carbons (Fsp3) is 0.500. The van der Waals surface area contributed by atoms with Crippen LogP contribution >= 0.6 is 15.9 Å². The largest absolute Gasteiger partial charge is 0.478 e. The number of carbonyl (C=O) groups is 1. The fourth-order valence-corrected chi connectivity index (χ4v) is 3.00. The molecule has 1 aromatic rings. The van der Waals surface area contributed by atoms with Crippen molar-refractivity contribution in [1.82, 2.24) is 4.90 Å². The van der Waals surface area contributed by atoms with Crippen LogP contribution in [0.1, 0.15) is 29.6 Å². The number of nitrogens with zero attached hydrogens (tertiary/aromatic N) is 1. The first kappa shape index (κ1) is 15.3. The van der Waals surface area contributed by atoms with Crippen molar-refractivity contribution >= 4 is 27.6 Å². The maximum atomic E-state index is 14.1. The molecule has 6 heteroatoms. The first-order chi connectivity index (χ1) is 9.50. The van der Waals surface area contributed by atoms with E-state index in [1.165, 1.54) is 25.0 Å². The van der Waals surface area contributed by atoms with Crippen molar-refractivity contribution in [2.45, 2.75) is 25.3 Å². The minimum absolute atomic E-state index is 0.00741. The quantitative estimate of drug-likeness (QED) is 0.880. The molecule has 1 unspecified atom stereocenters. The van der Waals surface area contributed by atoms with Crippen molar-refractivity contribution in [3.8, 4) is 0 Å². The number of rotatable bonds is 4. The lowest BCUT2D eigenvalue weighted by Gasteiger charge is -2.32. The van der Waals surface area contributed by atoms with E-state index in [2.05, 4.69) is 33.2 Å². The highest BCUT2D eigenvalue weighted by atomic mass is 79.9. The van der Waals surface area contributed by atoms with Gasteiger partial charge in [0.05, 0.1) is 15.7 Å². The SMILES string of the molecule is CN1CCCCC1CNc1ccc(C(=O)O)c(Br)c1F. The summed E-state index contributed by atoms with van der Waals surface area (Å²) >= 11 is 3.00. The van der Waals surface area contributed by atoms with E-state index in [0.717, 1.165) is 13.0 Å². The predicted octanol–water partition coefficient (Wildman–Crippen LogP) is 3.18. The van der Waals surface area contributed by atoms with Crippen LogP contribution in [0, 0.1) is 5.82 Å². The molecule has 0 radical (unpaired) electrons. The molecule has 2 N–H and O–H groups in total. The molecule has 0 aromatic heterocycles. The molecule has 1 saturated heterocycles. The average Bonchev–Trinajstić information content (AvgIpc) is 2.41. The van der Waals surface area contributed by atoms with E-state index in [1.807, 2.05) is 0 Å². The van der Waals surface area contributed by atoms with E-state index < -0.39 is 11.8 Å². The highest BCUT2D eigenvalue weighted by molar-refractivity contribution is 9.10. The zero-order valence-corrected chi connectivity index (χ0v) is 12.9. The number of halogens is 2. The molecule has 0 amide bonds. The number of hydrogen-bond donors (Lipinski definition) is 2. The Hall–Kier alpha value is -1.14. The number of piperidine rings is 1. The molecule has 0 saturated carbocycles. The third-order valence-corrected chi connectivity index (χ3v) is 4.54. The fourth-order valence-electron chi connectivity index (χ4n) is 2.48. The Balaban J connectivity index is 2.06. The van der Waals surface area contributed by atoms with Crippen LogP contribution in [0.4, 0.5) is 10.1 Å². The van der Waals surface area contributed by atoms with Crippen molar-refractivity contribution in [2.24, 2.45) is 0 Å². The van der Waals surface area contributed by atoms with E-state index in [1.54, 1.807) is 0 Å². The molecule has 0 aliphatic carbocycles. The van der Waals surface area contributed by atoms with Crippen LogP contribution in [0.25, 0.3) is 0 Å². The van der Waals surface area contributed by atoms with Gasteiger partial charge in [0, 0.05) is 12.6 Å². The van der Waals surface area contributed by atoms with Gasteiger partial charge in [0.2, 0.25) is 0 Å². The van der Waals surface area contributed by atoms with Crippen molar-refractivity contribution in [3.63, 3.8) is 0 Å². The zero-order chi connectivity index (χ0) is 14.7. The first-order valence-electron chi connectivity index (χ1n) is 6.66. The number of carboxylic acids is 1. The van der Waals surface area contributed by atoms with Gasteiger partial charge < -0.3 is 15.3 Å². The lowest BCUT2D eigenvalue weighted by molar-refractivity contribution is 0.0695. The standard InChI is InChI=1S/C14H18BrFN2O2/c1-18-7-3-2-4-9(18)8-17-11-6-5-10(14(19)20)12(15)13(11)16/h5-6,9,17H,2-4,7-8H2,1H3,(H,19,20). The number of likely N-dealkylation sites (N-methyl/N-ethyl adjacent to an activating group) is 1. The van der Waals surface area contributed by atoms with Gasteiger partial charge in [0.25, 0.3) is 0 Å². The molecule has 20 heavy (non-hydrogen) atoms. The molecule has 0 spiro atoms. The second-order valence-corrected chi connectivity index (χ2v) is 5.90. The number of hydrogen-bond acceptors (Lipinski definition) is 3. The molecule has 4 nitrogen and oxygen atoms in total. The van der Waals surface area contributed by atoms with Crippen LogP contribution in [0.5, 0.6) is 0 Å². The molecule has 1 aliphatic heterocycles. The van der Waals surface area contributed by atoms with Crippen LogP contribution in [-0.2, 0) is 0 Å². The van der Waals surface area contributed by atoms with Crippen LogP contribution in [0.2, 0.25) is 0 Å². The lowest BCUT2D eigenvalue weighted by Crippen LogP contribution is -2.40. The zero-order valence-electron chi connectivity index (χ0n) is 11.3. The second kappa shape index (κ2) is 6.54. The van der Waals surface area contributed by atoms with E-state index in [-0.39, 0.29) is 10.0 Å². The maximum absolute atomic E-state index is 14.1. The molecule has 1 aromatic carbocycles. The van der Waals surface area contributed by atoms with E-state index in [9.17, 15) is 9.18 Å². The molecule has 2 rings (SSSR count). The van der Waals surface area contributed by atoms with Crippen molar-refractivity contribution in [2.75, 3.05) is 25.5 Å². The van der Waals surface area contributed by atoms with Crippen molar-refractivity contribution in [3.05, 3.63) is 28.0 Å². The van der Waals surface area contributed by atoms with Crippen LogP contribution in [0.15, 0.2) is 16.6 Å². The van der Waals surface area contributed by atoms with Gasteiger partial charge >= 0.3 is 5.97 Å². The van der Waals surface area contributed by atoms with Crippen LogP contribution in [-0.4, -0.2) is 42.2 Å². The molecular formula is C14H18BrFN2O2. The Morgan fingerprint density at radius 1 is 1.55 bits per heavy atom. The summed E-state index contributed by atoms with van der Waals surface area (Å²) in [6.07, 6.45) is 3.50. The molecule has 110 valence electrons. The van der Waals surface area contributed by atoms with Gasteiger partial charge in [-0.2, -0.15) is 0 Å². The number of carboxylic acid groups (broad SMARTS) is 1. The molecule has 1 aliphatic rings. The van der Waals surface area contributed by atoms with Gasteiger partial charge in [-0.15, -0.1) is 0 Å². The Morgan fingerprint density at radius 2 is 2.30 bits per heavy atom. The Morgan fingerprint density at radius 3 is 2.95 bits per heavy atom. The summed E-state index contributed by atoms with van der Waals surface area (Å²) < 4.78 is 14.1. The summed E-state index contributed by atoms with van der Waals surface area (Å²) in [5.41, 5.74) is 0.267. The number of nitrogens with one attached hydrogen (secondary N) is 1. The number of anilines is 1. The topological polar surface area (TPSA) is 52.6 Å². The highest BCUT2D eigenvalue weighted by Crippen LogP contribution is 2.27. The van der Waals surface area contributed by atoms with Gasteiger partial charge in [-0.25, -0.2) is 9.18 Å². The normalized spacial score (nSPS) is 19.9. The van der Waals surface area contributed by atoms with Crippen molar-refractivity contribution in [1.29, 1.82) is 0 Å². The van der Waals surface area contributed by atoms with E-state index in [4.69, 9.17) is 5.11 Å². The minimum Gasteiger partial charge on any atom is -0.478 e. The molecule has 1 heterocycles. The molecule has 1 fully saturated rings. The Kier molecular flexibility index (Phi) is 4.99. The van der Waals surface area contributed by atoms with Gasteiger partial charge in [-0.3, -0.25) is 0 Å². The Labute approximate surface area is 126 Å². The predicted molar refractivity (Wildman–Crippen MR) is 79.8 cm³/mol. The second-order valence-electron chi connectivity index (χ2n) is 5.10.